The highest BCUT2D eigenvalue weighted by Gasteiger charge is 2.24. The summed E-state index contributed by atoms with van der Waals surface area (Å²) in [7, 11) is 0. The molecule has 118 valence electrons. The van der Waals surface area contributed by atoms with Crippen LogP contribution in [0, 0.1) is 6.92 Å². The number of nitrogens with zero attached hydrogens (tertiary/aromatic N) is 2. The summed E-state index contributed by atoms with van der Waals surface area (Å²) in [6.07, 6.45) is 2.94. The highest BCUT2D eigenvalue weighted by Crippen LogP contribution is 2.27. The van der Waals surface area contributed by atoms with Gasteiger partial charge in [-0.2, -0.15) is 0 Å². The van der Waals surface area contributed by atoms with E-state index in [0.717, 1.165) is 17.7 Å². The van der Waals surface area contributed by atoms with Gasteiger partial charge in [-0.05, 0) is 37.1 Å². The monoisotopic (exact) mass is 310 g/mol. The van der Waals surface area contributed by atoms with Gasteiger partial charge in [0.05, 0.1) is 5.69 Å². The molecule has 0 aliphatic carbocycles. The lowest BCUT2D eigenvalue weighted by Crippen LogP contribution is -2.27. The summed E-state index contributed by atoms with van der Waals surface area (Å²) in [5, 5.41) is 5.52. The van der Waals surface area contributed by atoms with Crippen LogP contribution in [0.4, 0.5) is 22.0 Å². The van der Waals surface area contributed by atoms with E-state index in [1.807, 2.05) is 31.2 Å². The molecule has 6 nitrogen and oxygen atoms in total. The number of nitrogens with one attached hydrogen (secondary N) is 2. The number of urea groups is 1. The van der Waals surface area contributed by atoms with E-state index in [9.17, 15) is 9.59 Å². The summed E-state index contributed by atoms with van der Waals surface area (Å²) in [5.41, 5.74) is 2.34. The Morgan fingerprint density at radius 2 is 2.00 bits per heavy atom. The molecule has 2 aromatic rings. The van der Waals surface area contributed by atoms with E-state index in [0.29, 0.717) is 24.5 Å². The second kappa shape index (κ2) is 6.48. The van der Waals surface area contributed by atoms with Gasteiger partial charge in [-0.1, -0.05) is 18.2 Å². The molecule has 3 rings (SSSR count). The molecule has 23 heavy (non-hydrogen) atoms. The van der Waals surface area contributed by atoms with Gasteiger partial charge in [0.1, 0.15) is 0 Å². The normalized spacial score (nSPS) is 14.0. The summed E-state index contributed by atoms with van der Waals surface area (Å²) >= 11 is 0. The minimum Gasteiger partial charge on any atom is -0.309 e. The zero-order valence-corrected chi connectivity index (χ0v) is 12.9. The number of aromatic nitrogens is 1. The van der Waals surface area contributed by atoms with E-state index in [-0.39, 0.29) is 11.9 Å². The Morgan fingerprint density at radius 3 is 2.74 bits per heavy atom. The van der Waals surface area contributed by atoms with Crippen molar-refractivity contribution in [1.82, 2.24) is 4.98 Å². The number of hydrogen-bond donors (Lipinski definition) is 2. The van der Waals surface area contributed by atoms with Gasteiger partial charge in [0, 0.05) is 24.8 Å². The first-order valence-corrected chi connectivity index (χ1v) is 7.54. The van der Waals surface area contributed by atoms with Crippen molar-refractivity contribution < 1.29 is 9.59 Å². The van der Waals surface area contributed by atoms with Crippen molar-refractivity contribution in [2.45, 2.75) is 19.8 Å². The molecule has 1 fully saturated rings. The molecule has 2 heterocycles. The fourth-order valence-electron chi connectivity index (χ4n) is 2.59. The SMILES string of the molecule is Cc1ccccc1NC(=O)Nc1ncccc1N1CCCC1=O. The van der Waals surface area contributed by atoms with Crippen LogP contribution in [0.2, 0.25) is 0 Å². The van der Waals surface area contributed by atoms with Gasteiger partial charge in [-0.15, -0.1) is 0 Å². The fraction of sp³-hybridized carbons (Fsp3) is 0.235. The van der Waals surface area contributed by atoms with E-state index >= 15 is 0 Å². The molecule has 0 bridgehead atoms. The number of carbonyl (C=O) groups is 2. The molecule has 3 amide bonds. The number of amides is 3. The van der Waals surface area contributed by atoms with Crippen LogP contribution in [0.1, 0.15) is 18.4 Å². The maximum atomic E-state index is 12.2. The maximum Gasteiger partial charge on any atom is 0.324 e. The summed E-state index contributed by atoms with van der Waals surface area (Å²) in [6, 6.07) is 10.7. The topological polar surface area (TPSA) is 74.3 Å². The van der Waals surface area contributed by atoms with Crippen LogP contribution in [0.3, 0.4) is 0 Å². The number of para-hydroxylation sites is 1. The van der Waals surface area contributed by atoms with Crippen LogP contribution in [0.25, 0.3) is 0 Å². The van der Waals surface area contributed by atoms with Crippen LogP contribution >= 0.6 is 0 Å². The molecule has 0 spiro atoms. The number of benzene rings is 1. The molecule has 0 atom stereocenters. The Bertz CT molecular complexity index is 745. The Kier molecular flexibility index (Phi) is 4.23. The molecule has 1 aromatic carbocycles. The smallest absolute Gasteiger partial charge is 0.309 e. The van der Waals surface area contributed by atoms with E-state index in [1.165, 1.54) is 0 Å². The molecular weight excluding hydrogens is 292 g/mol. The minimum atomic E-state index is -0.383. The van der Waals surface area contributed by atoms with Crippen molar-refractivity contribution in [3.8, 4) is 0 Å². The Labute approximate surface area is 134 Å². The summed E-state index contributed by atoms with van der Waals surface area (Å²) < 4.78 is 0. The van der Waals surface area contributed by atoms with Crippen LogP contribution in [-0.4, -0.2) is 23.5 Å². The number of carbonyl (C=O) groups excluding carboxylic acids is 2. The van der Waals surface area contributed by atoms with E-state index in [1.54, 1.807) is 23.2 Å². The molecule has 6 heteroatoms. The van der Waals surface area contributed by atoms with Crippen molar-refractivity contribution in [2.75, 3.05) is 22.1 Å². The molecular formula is C17H18N4O2. The Balaban J connectivity index is 1.76. The Morgan fingerprint density at radius 1 is 1.17 bits per heavy atom. The molecule has 1 aliphatic heterocycles. The largest absolute Gasteiger partial charge is 0.324 e. The molecule has 1 saturated heterocycles. The minimum absolute atomic E-state index is 0.0559. The highest BCUT2D eigenvalue weighted by atomic mass is 16.2. The molecule has 0 saturated carbocycles. The highest BCUT2D eigenvalue weighted by molar-refractivity contribution is 6.04. The van der Waals surface area contributed by atoms with Gasteiger partial charge in [0.2, 0.25) is 5.91 Å². The van der Waals surface area contributed by atoms with Gasteiger partial charge in [0.25, 0.3) is 0 Å². The first-order valence-electron chi connectivity index (χ1n) is 7.54. The van der Waals surface area contributed by atoms with Gasteiger partial charge in [-0.25, -0.2) is 9.78 Å². The Hall–Kier alpha value is -2.89. The van der Waals surface area contributed by atoms with Gasteiger partial charge in [-0.3, -0.25) is 10.1 Å². The summed E-state index contributed by atoms with van der Waals surface area (Å²) in [5.74, 6) is 0.439. The zero-order valence-electron chi connectivity index (χ0n) is 12.9. The zero-order chi connectivity index (χ0) is 16.2. The third kappa shape index (κ3) is 3.31. The van der Waals surface area contributed by atoms with Crippen molar-refractivity contribution in [3.05, 3.63) is 48.2 Å². The number of aryl methyl sites for hydroxylation is 1. The lowest BCUT2D eigenvalue weighted by Gasteiger charge is -2.19. The lowest BCUT2D eigenvalue weighted by molar-refractivity contribution is -0.117. The number of pyridine rings is 1. The fourth-order valence-corrected chi connectivity index (χ4v) is 2.59. The van der Waals surface area contributed by atoms with Crippen LogP contribution < -0.4 is 15.5 Å². The van der Waals surface area contributed by atoms with Crippen molar-refractivity contribution in [2.24, 2.45) is 0 Å². The lowest BCUT2D eigenvalue weighted by atomic mass is 10.2. The molecule has 0 unspecified atom stereocenters. The summed E-state index contributed by atoms with van der Waals surface area (Å²) in [6.45, 7) is 2.57. The van der Waals surface area contributed by atoms with Gasteiger partial charge < -0.3 is 10.2 Å². The van der Waals surface area contributed by atoms with Crippen molar-refractivity contribution in [1.29, 1.82) is 0 Å². The second-order valence-corrected chi connectivity index (χ2v) is 5.41. The van der Waals surface area contributed by atoms with Crippen molar-refractivity contribution >= 4 is 29.1 Å². The molecule has 0 radical (unpaired) electrons. The van der Waals surface area contributed by atoms with Gasteiger partial charge >= 0.3 is 6.03 Å². The predicted molar refractivity (Wildman–Crippen MR) is 89.6 cm³/mol. The molecule has 2 N–H and O–H groups in total. The van der Waals surface area contributed by atoms with Gasteiger partial charge in [0.15, 0.2) is 5.82 Å². The van der Waals surface area contributed by atoms with Crippen LogP contribution in [-0.2, 0) is 4.79 Å². The first kappa shape index (κ1) is 15.0. The van der Waals surface area contributed by atoms with Crippen LogP contribution in [0.15, 0.2) is 42.6 Å². The average Bonchev–Trinajstić information content (AvgIpc) is 2.96. The van der Waals surface area contributed by atoms with E-state index < -0.39 is 0 Å². The predicted octanol–water partition coefficient (Wildman–Crippen LogP) is 3.16. The van der Waals surface area contributed by atoms with E-state index in [2.05, 4.69) is 15.6 Å². The van der Waals surface area contributed by atoms with Crippen LogP contribution in [0.5, 0.6) is 0 Å². The molecule has 1 aromatic heterocycles. The quantitative estimate of drug-likeness (QED) is 0.914. The van der Waals surface area contributed by atoms with E-state index in [4.69, 9.17) is 0 Å². The standard InChI is InChI=1S/C17H18N4O2/c1-12-6-2-3-7-13(12)19-17(23)20-16-14(8-4-10-18-16)21-11-5-9-15(21)22/h2-4,6-8,10H,5,9,11H2,1H3,(H2,18,19,20,23). The molecule has 1 aliphatic rings. The number of rotatable bonds is 3. The van der Waals surface area contributed by atoms with Crippen molar-refractivity contribution in [3.63, 3.8) is 0 Å². The number of hydrogen-bond acceptors (Lipinski definition) is 3. The third-order valence-electron chi connectivity index (χ3n) is 3.78. The maximum absolute atomic E-state index is 12.2. The summed E-state index contributed by atoms with van der Waals surface area (Å²) in [4.78, 5) is 30.0. The second-order valence-electron chi connectivity index (χ2n) is 5.41. The first-order chi connectivity index (χ1) is 11.1. The number of anilines is 3. The average molecular weight is 310 g/mol. The third-order valence-corrected chi connectivity index (χ3v) is 3.78.